The maximum Gasteiger partial charge on any atom is 0.264 e. The van der Waals surface area contributed by atoms with Gasteiger partial charge in [-0.15, -0.1) is 0 Å². The Kier molecular flexibility index (Phi) is 8.12. The number of halogens is 1. The van der Waals surface area contributed by atoms with E-state index in [-0.39, 0.29) is 18.4 Å². The fourth-order valence-corrected chi connectivity index (χ4v) is 4.54. The lowest BCUT2D eigenvalue weighted by atomic mass is 10.2. The molecule has 1 fully saturated rings. The second kappa shape index (κ2) is 11.5. The van der Waals surface area contributed by atoms with E-state index >= 15 is 0 Å². The Balaban J connectivity index is 1.46. The van der Waals surface area contributed by atoms with Crippen molar-refractivity contribution in [3.05, 3.63) is 86.7 Å². The van der Waals surface area contributed by atoms with Crippen LogP contribution < -0.4 is 20.1 Å². The molecule has 2 amide bonds. The molecule has 3 aromatic rings. The smallest absolute Gasteiger partial charge is 0.264 e. The quantitative estimate of drug-likeness (QED) is 0.344. The average Bonchev–Trinajstić information content (AvgIpc) is 3.20. The Labute approximate surface area is 222 Å². The Morgan fingerprint density at radius 1 is 1.06 bits per heavy atom. The average molecular weight is 566 g/mol. The Hall–Kier alpha value is -3.56. The number of thioether (sulfide) groups is 1. The molecule has 36 heavy (non-hydrogen) atoms. The van der Waals surface area contributed by atoms with Gasteiger partial charge >= 0.3 is 0 Å². The molecule has 184 valence electrons. The summed E-state index contributed by atoms with van der Waals surface area (Å²) in [4.78, 5) is 29.8. The largest absolute Gasteiger partial charge is 0.493 e. The third-order valence-corrected chi connectivity index (χ3v) is 6.78. The van der Waals surface area contributed by atoms with Gasteiger partial charge in [-0.3, -0.25) is 9.59 Å². The number of ether oxygens (including phenoxy) is 2. The zero-order chi connectivity index (χ0) is 25.7. The molecule has 1 aliphatic heterocycles. The van der Waals surface area contributed by atoms with Gasteiger partial charge in [-0.25, -0.2) is 4.99 Å². The number of hydrogen-bond donors (Lipinski definition) is 2. The summed E-state index contributed by atoms with van der Waals surface area (Å²) in [5.41, 5.74) is 4.43. The lowest BCUT2D eigenvalue weighted by Gasteiger charge is -2.13. The Morgan fingerprint density at radius 3 is 2.39 bits per heavy atom. The molecule has 1 aliphatic rings. The van der Waals surface area contributed by atoms with Crippen LogP contribution in [0.4, 0.5) is 11.4 Å². The highest BCUT2D eigenvalue weighted by atomic mass is 79.9. The first kappa shape index (κ1) is 25.5. The highest BCUT2D eigenvalue weighted by Crippen LogP contribution is 2.36. The summed E-state index contributed by atoms with van der Waals surface area (Å²) in [5, 5.41) is 6.10. The van der Waals surface area contributed by atoms with Gasteiger partial charge in [-0.2, -0.15) is 0 Å². The van der Waals surface area contributed by atoms with Gasteiger partial charge in [0.05, 0.1) is 17.7 Å². The van der Waals surface area contributed by atoms with Crippen LogP contribution in [0.15, 0.2) is 75.0 Å². The van der Waals surface area contributed by atoms with Crippen molar-refractivity contribution in [1.82, 2.24) is 5.32 Å². The number of carbonyl (C=O) groups excluding carboxylic acids is 2. The van der Waals surface area contributed by atoms with Gasteiger partial charge in [-0.05, 0) is 73.6 Å². The summed E-state index contributed by atoms with van der Waals surface area (Å²) in [5.74, 6) is 0.313. The van der Waals surface area contributed by atoms with E-state index in [4.69, 9.17) is 9.47 Å². The van der Waals surface area contributed by atoms with Crippen molar-refractivity contribution >= 4 is 62.1 Å². The van der Waals surface area contributed by atoms with Crippen molar-refractivity contribution in [2.75, 3.05) is 19.0 Å². The maximum atomic E-state index is 12.5. The number of carbonyl (C=O) groups is 2. The third-order valence-electron chi connectivity index (χ3n) is 5.18. The van der Waals surface area contributed by atoms with Crippen molar-refractivity contribution < 1.29 is 19.1 Å². The van der Waals surface area contributed by atoms with Gasteiger partial charge in [0.2, 0.25) is 0 Å². The number of benzene rings is 3. The monoisotopic (exact) mass is 565 g/mol. The van der Waals surface area contributed by atoms with Crippen molar-refractivity contribution in [3.8, 4) is 11.5 Å². The van der Waals surface area contributed by atoms with Crippen LogP contribution in [0.2, 0.25) is 0 Å². The second-order valence-electron chi connectivity index (χ2n) is 8.04. The van der Waals surface area contributed by atoms with E-state index in [2.05, 4.69) is 31.6 Å². The molecule has 1 saturated heterocycles. The molecule has 7 nitrogen and oxygen atoms in total. The number of methoxy groups -OCH3 is 1. The number of aryl methyl sites for hydroxylation is 2. The summed E-state index contributed by atoms with van der Waals surface area (Å²) in [6.07, 6.45) is 1.75. The highest BCUT2D eigenvalue weighted by molar-refractivity contribution is 9.10. The van der Waals surface area contributed by atoms with Crippen LogP contribution in [0.1, 0.15) is 16.7 Å². The number of amides is 2. The molecule has 0 bridgehead atoms. The number of rotatable bonds is 7. The summed E-state index contributed by atoms with van der Waals surface area (Å²) in [7, 11) is 1.52. The van der Waals surface area contributed by atoms with Gasteiger partial charge in [0.15, 0.2) is 23.3 Å². The van der Waals surface area contributed by atoms with E-state index in [9.17, 15) is 9.59 Å². The fourth-order valence-electron chi connectivity index (χ4n) is 3.27. The van der Waals surface area contributed by atoms with Crippen LogP contribution in [-0.2, 0) is 9.59 Å². The molecular weight excluding hydrogens is 542 g/mol. The number of nitrogens with one attached hydrogen (secondary N) is 2. The molecule has 3 aromatic carbocycles. The van der Waals surface area contributed by atoms with Gasteiger partial charge in [0.25, 0.3) is 11.8 Å². The molecule has 0 aliphatic carbocycles. The van der Waals surface area contributed by atoms with Gasteiger partial charge in [-0.1, -0.05) is 51.3 Å². The lowest BCUT2D eigenvalue weighted by molar-refractivity contribution is -0.118. The van der Waals surface area contributed by atoms with E-state index in [1.807, 2.05) is 62.4 Å². The molecule has 1 heterocycles. The molecule has 2 N–H and O–H groups in total. The molecule has 0 aromatic heterocycles. The van der Waals surface area contributed by atoms with Crippen LogP contribution in [0, 0.1) is 13.8 Å². The number of hydrogen-bond acceptors (Lipinski definition) is 6. The standard InChI is InChI=1S/C27H24BrN3O4S/c1-16-4-8-19(9-5-16)29-25(32)15-35-23-14-21(28)18(12-22(23)34-3)13-24-26(33)31-27(36-24)30-20-10-6-17(2)7-11-20/h4-14H,15H2,1-3H3,(H,29,32)(H,30,31,33)/b24-13+. The van der Waals surface area contributed by atoms with E-state index < -0.39 is 0 Å². The first-order chi connectivity index (χ1) is 17.3. The number of aliphatic imine (C=N–C) groups is 1. The number of nitrogens with zero attached hydrogens (tertiary/aromatic N) is 1. The van der Waals surface area contributed by atoms with Crippen molar-refractivity contribution in [3.63, 3.8) is 0 Å². The van der Waals surface area contributed by atoms with Crippen LogP contribution in [0.5, 0.6) is 11.5 Å². The molecular formula is C27H24BrN3O4S. The SMILES string of the molecule is COc1cc(/C=C2/SC(=Nc3ccc(C)cc3)NC2=O)c(Br)cc1OCC(=O)Nc1ccc(C)cc1. The summed E-state index contributed by atoms with van der Waals surface area (Å²) in [6.45, 7) is 3.80. The zero-order valence-electron chi connectivity index (χ0n) is 19.9. The van der Waals surface area contributed by atoms with Crippen molar-refractivity contribution in [2.24, 2.45) is 4.99 Å². The van der Waals surface area contributed by atoms with Crippen LogP contribution >= 0.6 is 27.7 Å². The summed E-state index contributed by atoms with van der Waals surface area (Å²) in [6, 6.07) is 18.7. The molecule has 0 spiro atoms. The van der Waals surface area contributed by atoms with E-state index in [0.717, 1.165) is 22.4 Å². The zero-order valence-corrected chi connectivity index (χ0v) is 22.3. The molecule has 0 unspecified atom stereocenters. The lowest BCUT2D eigenvalue weighted by Crippen LogP contribution is -2.20. The maximum absolute atomic E-state index is 12.5. The van der Waals surface area contributed by atoms with Crippen molar-refractivity contribution in [2.45, 2.75) is 13.8 Å². The highest BCUT2D eigenvalue weighted by Gasteiger charge is 2.24. The van der Waals surface area contributed by atoms with Gasteiger partial charge in [0.1, 0.15) is 0 Å². The first-order valence-corrected chi connectivity index (χ1v) is 12.6. The minimum absolute atomic E-state index is 0.186. The van der Waals surface area contributed by atoms with Crippen LogP contribution in [-0.4, -0.2) is 30.7 Å². The number of anilines is 1. The molecule has 0 radical (unpaired) electrons. The van der Waals surface area contributed by atoms with Crippen LogP contribution in [0.3, 0.4) is 0 Å². The third kappa shape index (κ3) is 6.56. The van der Waals surface area contributed by atoms with Crippen molar-refractivity contribution in [1.29, 1.82) is 0 Å². The van der Waals surface area contributed by atoms with E-state index in [1.165, 1.54) is 18.9 Å². The first-order valence-electron chi connectivity index (χ1n) is 11.0. The second-order valence-corrected chi connectivity index (χ2v) is 9.93. The minimum Gasteiger partial charge on any atom is -0.493 e. The van der Waals surface area contributed by atoms with Gasteiger partial charge < -0.3 is 20.1 Å². The molecule has 0 saturated carbocycles. The summed E-state index contributed by atoms with van der Waals surface area (Å²) < 4.78 is 11.9. The topological polar surface area (TPSA) is 89.0 Å². The molecule has 9 heteroatoms. The Bertz CT molecular complexity index is 1350. The van der Waals surface area contributed by atoms with E-state index in [1.54, 1.807) is 18.2 Å². The normalized spacial score (nSPS) is 15.2. The molecule has 0 atom stereocenters. The van der Waals surface area contributed by atoms with Crippen LogP contribution in [0.25, 0.3) is 6.08 Å². The van der Waals surface area contributed by atoms with E-state index in [0.29, 0.717) is 31.7 Å². The fraction of sp³-hybridized carbons (Fsp3) is 0.148. The molecule has 4 rings (SSSR count). The van der Waals surface area contributed by atoms with Gasteiger partial charge in [0, 0.05) is 10.2 Å². The predicted molar refractivity (Wildman–Crippen MR) is 148 cm³/mol. The minimum atomic E-state index is -0.289. The predicted octanol–water partition coefficient (Wildman–Crippen LogP) is 5.98. The summed E-state index contributed by atoms with van der Waals surface area (Å²) >= 11 is 4.79. The Morgan fingerprint density at radius 2 is 1.72 bits per heavy atom. The number of amidine groups is 1.